The van der Waals surface area contributed by atoms with Crippen LogP contribution in [-0.2, 0) is 6.42 Å². The molecule has 1 unspecified atom stereocenters. The quantitative estimate of drug-likeness (QED) is 0.463. The molecule has 4 nitrogen and oxygen atoms in total. The van der Waals surface area contributed by atoms with Crippen LogP contribution < -0.4 is 16.8 Å². The van der Waals surface area contributed by atoms with E-state index < -0.39 is 0 Å². The Hall–Kier alpha value is -1.71. The molecular formula is C10H14N4. The smallest absolute Gasteiger partial charge is 0.185 e. The lowest BCUT2D eigenvalue weighted by Crippen LogP contribution is -2.27. The minimum atomic E-state index is 0.155. The van der Waals surface area contributed by atoms with Crippen LogP contribution in [0, 0.1) is 0 Å². The highest BCUT2D eigenvalue weighted by Gasteiger charge is 2.18. The molecule has 74 valence electrons. The van der Waals surface area contributed by atoms with Crippen LogP contribution in [0.2, 0.25) is 0 Å². The number of guanidine groups is 1. The van der Waals surface area contributed by atoms with E-state index in [0.717, 1.165) is 6.42 Å². The number of para-hydroxylation sites is 1. The van der Waals surface area contributed by atoms with E-state index >= 15 is 0 Å². The Kier molecular flexibility index (Phi) is 2.26. The van der Waals surface area contributed by atoms with Gasteiger partial charge in [-0.25, -0.2) is 0 Å². The summed E-state index contributed by atoms with van der Waals surface area (Å²) >= 11 is 0. The fraction of sp³-hybridized carbons (Fsp3) is 0.300. The first kappa shape index (κ1) is 8.87. The molecule has 1 aromatic rings. The predicted molar refractivity (Wildman–Crippen MR) is 58.2 cm³/mol. The second-order valence-electron chi connectivity index (χ2n) is 3.47. The number of anilines is 1. The predicted octanol–water partition coefficient (Wildman–Crippen LogP) is 0.297. The zero-order valence-electron chi connectivity index (χ0n) is 7.90. The van der Waals surface area contributed by atoms with Crippen molar-refractivity contribution in [1.82, 2.24) is 0 Å². The number of benzene rings is 1. The zero-order valence-corrected chi connectivity index (χ0v) is 7.90. The van der Waals surface area contributed by atoms with E-state index in [9.17, 15) is 0 Å². The molecule has 0 amide bonds. The summed E-state index contributed by atoms with van der Waals surface area (Å²) in [6, 6.07) is 8.59. The van der Waals surface area contributed by atoms with Crippen molar-refractivity contribution in [2.45, 2.75) is 12.5 Å². The van der Waals surface area contributed by atoms with Crippen LogP contribution >= 0.6 is 0 Å². The average Bonchev–Trinajstić information content (AvgIpc) is 2.57. The summed E-state index contributed by atoms with van der Waals surface area (Å²) in [5.74, 6) is 0.155. The molecule has 0 saturated heterocycles. The van der Waals surface area contributed by atoms with Gasteiger partial charge in [-0.1, -0.05) is 18.2 Å². The first-order valence-corrected chi connectivity index (χ1v) is 4.65. The van der Waals surface area contributed by atoms with E-state index in [1.807, 2.05) is 12.1 Å². The van der Waals surface area contributed by atoms with Gasteiger partial charge in [0.15, 0.2) is 5.96 Å². The summed E-state index contributed by atoms with van der Waals surface area (Å²) in [4.78, 5) is 4.00. The van der Waals surface area contributed by atoms with Gasteiger partial charge < -0.3 is 16.8 Å². The first-order chi connectivity index (χ1) is 6.75. The molecule has 0 saturated carbocycles. The summed E-state index contributed by atoms with van der Waals surface area (Å²) in [6.07, 6.45) is 0.993. The number of nitrogens with two attached hydrogens (primary N) is 2. The molecule has 0 aliphatic carbocycles. The number of hydrogen-bond acceptors (Lipinski definition) is 2. The second kappa shape index (κ2) is 3.57. The van der Waals surface area contributed by atoms with Gasteiger partial charge in [-0.05, 0) is 18.1 Å². The molecule has 0 radical (unpaired) electrons. The minimum absolute atomic E-state index is 0.155. The van der Waals surface area contributed by atoms with Gasteiger partial charge in [-0.3, -0.25) is 4.99 Å². The average molecular weight is 190 g/mol. The van der Waals surface area contributed by atoms with Crippen molar-refractivity contribution in [3.05, 3.63) is 29.8 Å². The molecule has 2 rings (SSSR count). The molecule has 1 aromatic carbocycles. The second-order valence-corrected chi connectivity index (χ2v) is 3.47. The summed E-state index contributed by atoms with van der Waals surface area (Å²) in [5.41, 5.74) is 13.1. The van der Waals surface area contributed by atoms with Crippen molar-refractivity contribution in [3.8, 4) is 0 Å². The molecule has 1 aliphatic heterocycles. The number of rotatable bonds is 2. The maximum atomic E-state index is 5.28. The molecule has 14 heavy (non-hydrogen) atoms. The van der Waals surface area contributed by atoms with Gasteiger partial charge in [-0.2, -0.15) is 0 Å². The van der Waals surface area contributed by atoms with Crippen LogP contribution in [0.25, 0.3) is 0 Å². The standard InChI is InChI=1S/C10H14N4/c11-10(12)13-6-8-5-7-3-1-2-4-9(7)14-8/h1-4,8,14H,5-6H2,(H4,11,12,13). The molecule has 1 aliphatic rings. The number of hydrogen-bond donors (Lipinski definition) is 3. The number of nitrogens with zero attached hydrogens (tertiary/aromatic N) is 1. The van der Waals surface area contributed by atoms with Crippen LogP contribution in [0.3, 0.4) is 0 Å². The van der Waals surface area contributed by atoms with Crippen LogP contribution in [0.1, 0.15) is 5.56 Å². The van der Waals surface area contributed by atoms with Gasteiger partial charge in [0.25, 0.3) is 0 Å². The lowest BCUT2D eigenvalue weighted by molar-refractivity contribution is 0.760. The van der Waals surface area contributed by atoms with Gasteiger partial charge in [0.05, 0.1) is 6.54 Å². The van der Waals surface area contributed by atoms with Gasteiger partial charge >= 0.3 is 0 Å². The lowest BCUT2D eigenvalue weighted by atomic mass is 10.1. The molecule has 1 heterocycles. The molecule has 0 fully saturated rings. The highest BCUT2D eigenvalue weighted by atomic mass is 15.0. The van der Waals surface area contributed by atoms with Crippen LogP contribution in [0.15, 0.2) is 29.3 Å². The maximum absolute atomic E-state index is 5.28. The Labute approximate surface area is 83.0 Å². The lowest BCUT2D eigenvalue weighted by Gasteiger charge is -2.07. The fourth-order valence-electron chi connectivity index (χ4n) is 1.70. The molecular weight excluding hydrogens is 176 g/mol. The molecule has 5 N–H and O–H groups in total. The third-order valence-corrected chi connectivity index (χ3v) is 2.34. The Morgan fingerprint density at radius 3 is 2.93 bits per heavy atom. The van der Waals surface area contributed by atoms with E-state index in [2.05, 4.69) is 22.4 Å². The summed E-state index contributed by atoms with van der Waals surface area (Å²) in [6.45, 7) is 0.636. The Balaban J connectivity index is 2.02. The zero-order chi connectivity index (χ0) is 9.97. The third-order valence-electron chi connectivity index (χ3n) is 2.34. The van der Waals surface area contributed by atoms with E-state index in [0.29, 0.717) is 12.6 Å². The van der Waals surface area contributed by atoms with E-state index in [1.54, 1.807) is 0 Å². The highest BCUT2D eigenvalue weighted by Crippen LogP contribution is 2.24. The van der Waals surface area contributed by atoms with E-state index in [-0.39, 0.29) is 5.96 Å². The van der Waals surface area contributed by atoms with Crippen molar-refractivity contribution in [3.63, 3.8) is 0 Å². The molecule has 0 spiro atoms. The first-order valence-electron chi connectivity index (χ1n) is 4.65. The molecule has 0 aromatic heterocycles. The van der Waals surface area contributed by atoms with Gasteiger partial charge in [0, 0.05) is 11.7 Å². The van der Waals surface area contributed by atoms with Crippen molar-refractivity contribution < 1.29 is 0 Å². The van der Waals surface area contributed by atoms with Crippen LogP contribution in [0.4, 0.5) is 5.69 Å². The van der Waals surface area contributed by atoms with Crippen molar-refractivity contribution >= 4 is 11.6 Å². The summed E-state index contributed by atoms with van der Waals surface area (Å²) in [7, 11) is 0. The largest absolute Gasteiger partial charge is 0.380 e. The van der Waals surface area contributed by atoms with Crippen molar-refractivity contribution in [2.75, 3.05) is 11.9 Å². The Morgan fingerprint density at radius 1 is 1.43 bits per heavy atom. The van der Waals surface area contributed by atoms with Gasteiger partial charge in [0.2, 0.25) is 0 Å². The van der Waals surface area contributed by atoms with Crippen LogP contribution in [-0.4, -0.2) is 18.5 Å². The topological polar surface area (TPSA) is 76.4 Å². The van der Waals surface area contributed by atoms with Gasteiger partial charge in [0.1, 0.15) is 0 Å². The summed E-state index contributed by atoms with van der Waals surface area (Å²) in [5, 5.41) is 3.37. The van der Waals surface area contributed by atoms with Crippen molar-refractivity contribution in [1.29, 1.82) is 0 Å². The Morgan fingerprint density at radius 2 is 2.21 bits per heavy atom. The number of aliphatic imine (C=N–C) groups is 1. The van der Waals surface area contributed by atoms with E-state index in [1.165, 1.54) is 11.3 Å². The SMILES string of the molecule is NC(N)=NCC1Cc2ccccc2N1. The molecule has 1 atom stereocenters. The highest BCUT2D eigenvalue weighted by molar-refractivity contribution is 5.75. The molecule has 0 bridgehead atoms. The number of fused-ring (bicyclic) bond motifs is 1. The maximum Gasteiger partial charge on any atom is 0.185 e. The third kappa shape index (κ3) is 1.79. The van der Waals surface area contributed by atoms with Crippen LogP contribution in [0.5, 0.6) is 0 Å². The minimum Gasteiger partial charge on any atom is -0.380 e. The fourth-order valence-corrected chi connectivity index (χ4v) is 1.70. The van der Waals surface area contributed by atoms with E-state index in [4.69, 9.17) is 11.5 Å². The Bertz CT molecular complexity index is 330. The van der Waals surface area contributed by atoms with Crippen molar-refractivity contribution in [2.24, 2.45) is 16.5 Å². The normalized spacial score (nSPS) is 18.4. The summed E-state index contributed by atoms with van der Waals surface area (Å²) < 4.78 is 0. The number of nitrogens with one attached hydrogen (secondary N) is 1. The molecule has 4 heteroatoms. The van der Waals surface area contributed by atoms with Gasteiger partial charge in [-0.15, -0.1) is 0 Å². The monoisotopic (exact) mass is 190 g/mol.